The number of phenols is 4. The number of fused-ring (bicyclic) bond motifs is 2. The van der Waals surface area contributed by atoms with Crippen molar-refractivity contribution in [2.24, 2.45) is 30.0 Å². The lowest BCUT2D eigenvalue weighted by molar-refractivity contribution is 0.467. The van der Waals surface area contributed by atoms with Crippen LogP contribution in [0.5, 0.6) is 23.0 Å². The van der Waals surface area contributed by atoms with Gasteiger partial charge in [0.25, 0.3) is 60.7 Å². The van der Waals surface area contributed by atoms with Crippen LogP contribution < -0.4 is 33.7 Å². The smallest absolute Gasteiger partial charge is 0.295 e. The van der Waals surface area contributed by atoms with E-state index in [1.165, 1.54) is 48.5 Å². The average Bonchev–Trinajstić information content (AvgIpc) is 1.55. The molecule has 0 atom stereocenters. The van der Waals surface area contributed by atoms with Crippen molar-refractivity contribution in [2.75, 3.05) is 0 Å². The van der Waals surface area contributed by atoms with E-state index in [1.54, 1.807) is 0 Å². The molecule has 4 heterocycles. The van der Waals surface area contributed by atoms with Crippen molar-refractivity contribution in [1.29, 1.82) is 0 Å². The molecule has 0 aliphatic carbocycles. The predicted molar refractivity (Wildman–Crippen MR) is 348 cm³/mol. The fourth-order valence-corrected chi connectivity index (χ4v) is 12.8. The Labute approximate surface area is 568 Å². The lowest BCUT2D eigenvalue weighted by Gasteiger charge is -2.07. The van der Waals surface area contributed by atoms with Crippen LogP contribution in [0.4, 0.5) is 34.1 Å². The van der Waals surface area contributed by atoms with Crippen molar-refractivity contribution in [3.63, 3.8) is 0 Å². The maximum absolute atomic E-state index is 13.1. The van der Waals surface area contributed by atoms with Gasteiger partial charge in [0.15, 0.2) is 0 Å². The summed E-state index contributed by atoms with van der Waals surface area (Å²) in [6.07, 6.45) is 2.08. The fourth-order valence-electron chi connectivity index (χ4n) is 9.37. The van der Waals surface area contributed by atoms with E-state index in [0.29, 0.717) is 0 Å². The van der Waals surface area contributed by atoms with Crippen LogP contribution in [0.25, 0.3) is 45.6 Å². The minimum Gasteiger partial charge on any atom is -0.506 e. The molecule has 12 rings (SSSR count). The summed E-state index contributed by atoms with van der Waals surface area (Å²) in [4.78, 5) is 40.3. The molecule has 102 heavy (non-hydrogen) atoms. The summed E-state index contributed by atoms with van der Waals surface area (Å²) >= 11 is 0. The van der Waals surface area contributed by atoms with Crippen LogP contribution in [0, 0.1) is 0 Å². The molecule has 0 aliphatic rings. The number of aromatic nitrogens is 12. The van der Waals surface area contributed by atoms with E-state index < -0.39 is 124 Å². The summed E-state index contributed by atoms with van der Waals surface area (Å²) in [7, 11) is -29.3. The highest BCUT2D eigenvalue weighted by Gasteiger charge is 2.21. The van der Waals surface area contributed by atoms with Crippen LogP contribution in [-0.4, -0.2) is 158 Å². The second-order valence-corrected chi connectivity index (χ2v) is 29.5. The molecular weight excluding hydrogens is 1470 g/mol. The Morgan fingerprint density at radius 1 is 0.294 bits per heavy atom. The standard InChI is InChI=1S/C56H42N18O22S6/c75-45-17-11-35(99(85,86)87)25-41(45)61-55-65-51(57-29-7-15-43(47(77)19-29)73-69-37-13-9-33(97(79,80)81)23-39(37)71-73)63-53(67-55)59-31-5-3-27(49(21-31)101(91,92)93)1-2-28-4-6-32(22-50(28)102(94,95)96)60-54-64-52(66-56(68-54)62-42-26-36(100(88,89)90)12-18-46(42)76)58-30-8-16-44(48(78)20-30)74-70-38-14-10-34(98(82,83)84)24-40(38)72-74/h1-26,75-78H,(H,79,80,81)(H,82,83,84)(H,85,86,87)(H,88,89,90)(H,91,92,93)(H,94,95,96)(H3,57,59,61,63,65,67)(H3,58,60,62,64,66,68)/b2-1+. The number of hydrogen-bond donors (Lipinski definition) is 16. The molecule has 0 aliphatic heterocycles. The van der Waals surface area contributed by atoms with Crippen molar-refractivity contribution in [3.8, 4) is 34.4 Å². The molecule has 16 N–H and O–H groups in total. The van der Waals surface area contributed by atoms with Gasteiger partial charge in [-0.15, -0.1) is 30.0 Å². The molecule has 0 saturated heterocycles. The zero-order valence-corrected chi connectivity index (χ0v) is 55.1. The van der Waals surface area contributed by atoms with Gasteiger partial charge in [-0.25, -0.2) is 30.0 Å². The third-order valence-corrected chi connectivity index (χ3v) is 19.2. The van der Waals surface area contributed by atoms with E-state index in [4.69, 9.17) is 0 Å². The SMILES string of the molecule is O=S(=O)(O)c1ccc(O)c(N=c2[nH]c(=Nc3ccc(-n4nc5ccc(S(=O)(=O)O)cc5n4)c(O)c3)[nH]c(=Nc3ccc(/C=C/c4ccc(N=c5[nH]c(=Nc6ccc(-n7nc8ccc(S(=O)(=O)O)cc8n7)c(O)c6)[nH]c(=Nc6cc(S(=O)(=O)O)ccc6O)[nH]5)cc4S(=O)(=O)O)c(S(=O)(=O)O)c3)[nH]2)c1. The minimum absolute atomic E-state index is 0.0150. The summed E-state index contributed by atoms with van der Waals surface area (Å²) in [6, 6.07) is 26.0. The zero-order valence-electron chi connectivity index (χ0n) is 50.2. The van der Waals surface area contributed by atoms with Gasteiger partial charge in [-0.3, -0.25) is 57.2 Å². The maximum atomic E-state index is 13.1. The second kappa shape index (κ2) is 26.1. The Balaban J connectivity index is 0.907. The maximum Gasteiger partial charge on any atom is 0.295 e. The molecule has 4 aromatic heterocycles. The summed E-state index contributed by atoms with van der Waals surface area (Å²) < 4.78 is 207. The molecule has 0 saturated carbocycles. The fraction of sp³-hybridized carbons (Fsp3) is 0. The number of benzene rings is 8. The van der Waals surface area contributed by atoms with Crippen LogP contribution in [0.1, 0.15) is 11.1 Å². The van der Waals surface area contributed by atoms with Gasteiger partial charge in [-0.05, 0) is 132 Å². The molecule has 46 heteroatoms. The Morgan fingerprint density at radius 3 is 0.892 bits per heavy atom. The van der Waals surface area contributed by atoms with Gasteiger partial charge in [0.2, 0.25) is 33.7 Å². The van der Waals surface area contributed by atoms with Gasteiger partial charge in [0.1, 0.15) is 77.6 Å². The Kier molecular flexibility index (Phi) is 17.9. The van der Waals surface area contributed by atoms with E-state index in [-0.39, 0.29) is 101 Å². The highest BCUT2D eigenvalue weighted by Crippen LogP contribution is 2.33. The van der Waals surface area contributed by atoms with Crippen molar-refractivity contribution in [1.82, 2.24) is 59.9 Å². The van der Waals surface area contributed by atoms with Crippen LogP contribution in [0.3, 0.4) is 0 Å². The number of nitrogens with one attached hydrogen (secondary N) is 6. The first kappa shape index (κ1) is 69.7. The number of aromatic amines is 6. The first-order valence-corrected chi connectivity index (χ1v) is 36.5. The third-order valence-electron chi connectivity index (χ3n) is 14.0. The van der Waals surface area contributed by atoms with Gasteiger partial charge in [-0.2, -0.15) is 50.5 Å². The number of phenolic OH excluding ortho intramolecular Hbond substituents is 4. The molecular formula is C56H42N18O22S6. The molecule has 0 bridgehead atoms. The van der Waals surface area contributed by atoms with E-state index in [1.807, 2.05) is 0 Å². The largest absolute Gasteiger partial charge is 0.506 e. The summed E-state index contributed by atoms with van der Waals surface area (Å²) in [6.45, 7) is 0. The molecule has 0 spiro atoms. The van der Waals surface area contributed by atoms with E-state index in [9.17, 15) is 98.2 Å². The Hall–Kier alpha value is -12.2. The van der Waals surface area contributed by atoms with Crippen molar-refractivity contribution in [2.45, 2.75) is 29.4 Å². The highest BCUT2D eigenvalue weighted by atomic mass is 32.2. The number of hydrogen-bond acceptors (Lipinski definition) is 26. The van der Waals surface area contributed by atoms with Gasteiger partial charge >= 0.3 is 0 Å². The number of aromatic hydroxyl groups is 4. The highest BCUT2D eigenvalue weighted by molar-refractivity contribution is 7.87. The molecule has 0 unspecified atom stereocenters. The molecule has 0 radical (unpaired) electrons. The monoisotopic (exact) mass is 1510 g/mol. The third kappa shape index (κ3) is 15.8. The Bertz CT molecular complexity index is 6390. The van der Waals surface area contributed by atoms with E-state index in [2.05, 4.69) is 80.3 Å². The summed E-state index contributed by atoms with van der Waals surface area (Å²) in [5.41, 5.74) is -3.66. The topological polar surface area (TPSA) is 637 Å². The Morgan fingerprint density at radius 2 is 0.578 bits per heavy atom. The van der Waals surface area contributed by atoms with Crippen molar-refractivity contribution in [3.05, 3.63) is 190 Å². The summed E-state index contributed by atoms with van der Waals surface area (Å²) in [5, 5.41) is 60.4. The van der Waals surface area contributed by atoms with Gasteiger partial charge < -0.3 is 20.4 Å². The lowest BCUT2D eigenvalue weighted by atomic mass is 10.1. The van der Waals surface area contributed by atoms with E-state index >= 15 is 0 Å². The summed E-state index contributed by atoms with van der Waals surface area (Å²) in [5.74, 6) is -2.16. The molecule has 0 amide bonds. The van der Waals surface area contributed by atoms with Gasteiger partial charge in [-0.1, -0.05) is 24.3 Å². The van der Waals surface area contributed by atoms with Crippen LogP contribution in [0.2, 0.25) is 0 Å². The number of H-pyrrole nitrogens is 6. The van der Waals surface area contributed by atoms with Crippen molar-refractivity contribution >= 4 is 129 Å². The second-order valence-electron chi connectivity index (χ2n) is 21.1. The number of rotatable bonds is 16. The average molecular weight is 1510 g/mol. The van der Waals surface area contributed by atoms with Gasteiger partial charge in [0.05, 0.1) is 42.3 Å². The molecule has 8 aromatic carbocycles. The zero-order chi connectivity index (χ0) is 73.2. The predicted octanol–water partition coefficient (Wildman–Crippen LogP) is 2.99. The first-order valence-electron chi connectivity index (χ1n) is 27.9. The van der Waals surface area contributed by atoms with Crippen LogP contribution in [0.15, 0.2) is 205 Å². The van der Waals surface area contributed by atoms with Crippen LogP contribution >= 0.6 is 0 Å². The minimum atomic E-state index is -5.22. The normalized spacial score (nSPS) is 13.9. The number of nitrogens with zero attached hydrogens (tertiary/aromatic N) is 12. The molecule has 40 nitrogen and oxygen atoms in total. The lowest BCUT2D eigenvalue weighted by Crippen LogP contribution is -2.36. The first-order chi connectivity index (χ1) is 47.8. The van der Waals surface area contributed by atoms with Crippen LogP contribution in [-0.2, 0) is 60.7 Å². The van der Waals surface area contributed by atoms with Gasteiger partial charge in [0, 0.05) is 12.1 Å². The molecule has 12 aromatic rings. The molecule has 524 valence electrons. The molecule has 0 fully saturated rings. The quantitative estimate of drug-likeness (QED) is 0.0488. The van der Waals surface area contributed by atoms with Crippen molar-refractivity contribution < 1.29 is 98.2 Å². The van der Waals surface area contributed by atoms with E-state index in [0.717, 1.165) is 119 Å².